The molecule has 0 bridgehead atoms. The maximum absolute atomic E-state index is 11.5. The van der Waals surface area contributed by atoms with Gasteiger partial charge in [-0.25, -0.2) is 4.79 Å². The summed E-state index contributed by atoms with van der Waals surface area (Å²) in [6.07, 6.45) is 1.41. The molecule has 2 aromatic carbocycles. The zero-order valence-electron chi connectivity index (χ0n) is 12.3. The van der Waals surface area contributed by atoms with Gasteiger partial charge in [-0.15, -0.1) is 0 Å². The first kappa shape index (κ1) is 14.8. The standard InChI is InChI=1S/C17H14O6/c1-20-12-4-2-3-5-14(12)23-16(17(18)19)9-11-6-7-13-15(8-11)22-10-21-13/h2-9H,10H2,1H3,(H,18,19). The molecule has 0 fully saturated rings. The molecule has 0 aliphatic carbocycles. The van der Waals surface area contributed by atoms with Crippen LogP contribution in [0.25, 0.3) is 6.08 Å². The summed E-state index contributed by atoms with van der Waals surface area (Å²) in [7, 11) is 1.49. The number of carboxylic acid groups (broad SMARTS) is 1. The molecule has 0 unspecified atom stereocenters. The number of hydrogen-bond acceptors (Lipinski definition) is 5. The van der Waals surface area contributed by atoms with Crippen LogP contribution in [0, 0.1) is 0 Å². The van der Waals surface area contributed by atoms with Crippen molar-refractivity contribution in [3.63, 3.8) is 0 Å². The lowest BCUT2D eigenvalue weighted by atomic mass is 10.2. The Morgan fingerprint density at radius 3 is 2.61 bits per heavy atom. The number of para-hydroxylation sites is 2. The van der Waals surface area contributed by atoms with Gasteiger partial charge in [-0.1, -0.05) is 18.2 Å². The molecule has 1 aliphatic heterocycles. The minimum Gasteiger partial charge on any atom is -0.493 e. The molecule has 3 rings (SSSR count). The number of benzene rings is 2. The van der Waals surface area contributed by atoms with Crippen molar-refractivity contribution in [2.75, 3.05) is 13.9 Å². The number of methoxy groups -OCH3 is 1. The Kier molecular flexibility index (Phi) is 4.05. The zero-order chi connectivity index (χ0) is 16.2. The van der Waals surface area contributed by atoms with E-state index in [0.29, 0.717) is 28.6 Å². The third kappa shape index (κ3) is 3.21. The van der Waals surface area contributed by atoms with Crippen molar-refractivity contribution >= 4 is 12.0 Å². The fraction of sp³-hybridized carbons (Fsp3) is 0.118. The van der Waals surface area contributed by atoms with E-state index in [9.17, 15) is 9.90 Å². The first-order valence-electron chi connectivity index (χ1n) is 6.83. The average Bonchev–Trinajstić information content (AvgIpc) is 3.02. The first-order chi connectivity index (χ1) is 11.2. The van der Waals surface area contributed by atoms with E-state index in [1.54, 1.807) is 42.5 Å². The Hall–Kier alpha value is -3.15. The molecule has 6 nitrogen and oxygen atoms in total. The van der Waals surface area contributed by atoms with Crippen LogP contribution in [-0.2, 0) is 4.79 Å². The predicted octanol–water partition coefficient (Wildman–Crippen LogP) is 2.93. The molecule has 1 aliphatic rings. The van der Waals surface area contributed by atoms with Crippen molar-refractivity contribution in [1.29, 1.82) is 0 Å². The minimum atomic E-state index is -1.19. The summed E-state index contributed by atoms with van der Waals surface area (Å²) < 4.78 is 21.1. The third-order valence-electron chi connectivity index (χ3n) is 3.19. The van der Waals surface area contributed by atoms with Crippen LogP contribution in [0.2, 0.25) is 0 Å². The van der Waals surface area contributed by atoms with Gasteiger partial charge in [0.25, 0.3) is 0 Å². The Morgan fingerprint density at radius 1 is 1.13 bits per heavy atom. The van der Waals surface area contributed by atoms with Crippen molar-refractivity contribution in [2.24, 2.45) is 0 Å². The number of ether oxygens (including phenoxy) is 4. The van der Waals surface area contributed by atoms with E-state index < -0.39 is 5.97 Å². The van der Waals surface area contributed by atoms with Crippen molar-refractivity contribution < 1.29 is 28.8 Å². The second-order valence-corrected chi connectivity index (χ2v) is 4.68. The van der Waals surface area contributed by atoms with Crippen LogP contribution in [-0.4, -0.2) is 25.0 Å². The maximum Gasteiger partial charge on any atom is 0.371 e. The minimum absolute atomic E-state index is 0.159. The molecule has 1 N–H and O–H groups in total. The fourth-order valence-corrected chi connectivity index (χ4v) is 2.11. The second kappa shape index (κ2) is 6.31. The number of rotatable bonds is 5. The SMILES string of the molecule is COc1ccccc1OC(=Cc1ccc2c(c1)OCO2)C(=O)O. The van der Waals surface area contributed by atoms with Gasteiger partial charge in [0.1, 0.15) is 0 Å². The van der Waals surface area contributed by atoms with Gasteiger partial charge < -0.3 is 24.1 Å². The fourth-order valence-electron chi connectivity index (χ4n) is 2.11. The van der Waals surface area contributed by atoms with Gasteiger partial charge in [-0.2, -0.15) is 0 Å². The van der Waals surface area contributed by atoms with Gasteiger partial charge in [-0.05, 0) is 35.9 Å². The molecule has 0 spiro atoms. The lowest BCUT2D eigenvalue weighted by molar-refractivity contribution is -0.134. The summed E-state index contributed by atoms with van der Waals surface area (Å²) in [5, 5.41) is 9.36. The van der Waals surface area contributed by atoms with Gasteiger partial charge in [0.15, 0.2) is 23.0 Å². The number of aliphatic carboxylic acids is 1. The van der Waals surface area contributed by atoms with E-state index in [0.717, 1.165) is 0 Å². The zero-order valence-corrected chi connectivity index (χ0v) is 12.3. The predicted molar refractivity (Wildman–Crippen MR) is 81.8 cm³/mol. The molecule has 0 saturated heterocycles. The topological polar surface area (TPSA) is 74.2 Å². The van der Waals surface area contributed by atoms with Gasteiger partial charge >= 0.3 is 5.97 Å². The molecule has 0 atom stereocenters. The van der Waals surface area contributed by atoms with Crippen LogP contribution in [0.15, 0.2) is 48.2 Å². The van der Waals surface area contributed by atoms with Gasteiger partial charge in [0.2, 0.25) is 12.6 Å². The van der Waals surface area contributed by atoms with E-state index >= 15 is 0 Å². The largest absolute Gasteiger partial charge is 0.493 e. The van der Waals surface area contributed by atoms with E-state index in [4.69, 9.17) is 18.9 Å². The highest BCUT2D eigenvalue weighted by molar-refractivity contribution is 5.90. The molecular formula is C17H14O6. The highest BCUT2D eigenvalue weighted by Crippen LogP contribution is 2.33. The van der Waals surface area contributed by atoms with Gasteiger partial charge in [0, 0.05) is 0 Å². The maximum atomic E-state index is 11.5. The summed E-state index contributed by atoms with van der Waals surface area (Å²) in [5.41, 5.74) is 0.626. The monoisotopic (exact) mass is 314 g/mol. The molecule has 6 heteroatoms. The van der Waals surface area contributed by atoms with E-state index in [2.05, 4.69) is 0 Å². The Labute approximate surface area is 132 Å². The number of carboxylic acids is 1. The highest BCUT2D eigenvalue weighted by atomic mass is 16.7. The normalized spacial score (nSPS) is 12.8. The van der Waals surface area contributed by atoms with Crippen LogP contribution in [0.3, 0.4) is 0 Å². The quantitative estimate of drug-likeness (QED) is 0.675. The summed E-state index contributed by atoms with van der Waals surface area (Å²) in [6.45, 7) is 0.159. The van der Waals surface area contributed by atoms with Crippen LogP contribution in [0.4, 0.5) is 0 Å². The van der Waals surface area contributed by atoms with Gasteiger partial charge in [-0.3, -0.25) is 0 Å². The third-order valence-corrected chi connectivity index (χ3v) is 3.19. The van der Waals surface area contributed by atoms with Crippen molar-refractivity contribution in [3.8, 4) is 23.0 Å². The van der Waals surface area contributed by atoms with E-state index in [1.165, 1.54) is 13.2 Å². The lowest BCUT2D eigenvalue weighted by Gasteiger charge is -2.10. The highest BCUT2D eigenvalue weighted by Gasteiger charge is 2.16. The lowest BCUT2D eigenvalue weighted by Crippen LogP contribution is -2.08. The molecular weight excluding hydrogens is 300 g/mol. The number of carbonyl (C=O) groups is 1. The molecule has 0 saturated carbocycles. The smallest absolute Gasteiger partial charge is 0.371 e. The van der Waals surface area contributed by atoms with Crippen molar-refractivity contribution in [3.05, 3.63) is 53.8 Å². The molecule has 2 aromatic rings. The molecule has 0 aromatic heterocycles. The molecule has 0 amide bonds. The van der Waals surface area contributed by atoms with Crippen LogP contribution >= 0.6 is 0 Å². The molecule has 118 valence electrons. The molecule has 1 heterocycles. The van der Waals surface area contributed by atoms with Gasteiger partial charge in [0.05, 0.1) is 7.11 Å². The number of hydrogen-bond donors (Lipinski definition) is 1. The van der Waals surface area contributed by atoms with Crippen LogP contribution in [0.1, 0.15) is 5.56 Å². The van der Waals surface area contributed by atoms with Crippen molar-refractivity contribution in [1.82, 2.24) is 0 Å². The van der Waals surface area contributed by atoms with Crippen LogP contribution in [0.5, 0.6) is 23.0 Å². The molecule has 0 radical (unpaired) electrons. The average molecular weight is 314 g/mol. The summed E-state index contributed by atoms with van der Waals surface area (Å²) >= 11 is 0. The Morgan fingerprint density at radius 2 is 1.87 bits per heavy atom. The van der Waals surface area contributed by atoms with Crippen LogP contribution < -0.4 is 18.9 Å². The van der Waals surface area contributed by atoms with E-state index in [-0.39, 0.29) is 12.6 Å². The second-order valence-electron chi connectivity index (χ2n) is 4.68. The summed E-state index contributed by atoms with van der Waals surface area (Å²) in [4.78, 5) is 11.5. The summed E-state index contributed by atoms with van der Waals surface area (Å²) in [6, 6.07) is 12.0. The number of fused-ring (bicyclic) bond motifs is 1. The van der Waals surface area contributed by atoms with E-state index in [1.807, 2.05) is 0 Å². The summed E-state index contributed by atoms with van der Waals surface area (Å²) in [5.74, 6) is 0.558. The first-order valence-corrected chi connectivity index (χ1v) is 6.83. The van der Waals surface area contributed by atoms with Crippen molar-refractivity contribution in [2.45, 2.75) is 0 Å². The Bertz CT molecular complexity index is 765. The molecule has 23 heavy (non-hydrogen) atoms. The Balaban J connectivity index is 1.91.